The molecule has 3 N–H and O–H groups in total. The summed E-state index contributed by atoms with van der Waals surface area (Å²) >= 11 is 6.22. The maximum Gasteiger partial charge on any atom is 0.342 e. The number of nitrogens with zero attached hydrogens (tertiary/aromatic N) is 3. The van der Waals surface area contributed by atoms with Crippen LogP contribution in [0.25, 0.3) is 11.3 Å². The van der Waals surface area contributed by atoms with Crippen molar-refractivity contribution < 1.29 is 14.7 Å². The molecule has 0 unspecified atom stereocenters. The van der Waals surface area contributed by atoms with Gasteiger partial charge in [0.05, 0.1) is 11.4 Å². The number of amides is 2. The molecule has 8 nitrogen and oxygen atoms in total. The van der Waals surface area contributed by atoms with Crippen molar-refractivity contribution >= 4 is 29.2 Å². The van der Waals surface area contributed by atoms with E-state index >= 15 is 0 Å². The van der Waals surface area contributed by atoms with Crippen LogP contribution >= 0.6 is 11.6 Å². The molecule has 2 aromatic carbocycles. The summed E-state index contributed by atoms with van der Waals surface area (Å²) < 4.78 is 1.38. The van der Waals surface area contributed by atoms with E-state index in [1.54, 1.807) is 30.3 Å². The van der Waals surface area contributed by atoms with E-state index in [2.05, 4.69) is 20.7 Å². The number of aromatic nitrogens is 3. The number of halogens is 1. The Bertz CT molecular complexity index is 1420. The number of hydrogen-bond acceptors (Lipinski definition) is 5. The van der Waals surface area contributed by atoms with Crippen molar-refractivity contribution in [3.8, 4) is 17.0 Å². The number of anilines is 1. The van der Waals surface area contributed by atoms with Crippen LogP contribution in [0.3, 0.4) is 0 Å². The smallest absolute Gasteiger partial charge is 0.342 e. The molecule has 0 atom stereocenters. The minimum Gasteiger partial charge on any atom is -0.507 e. The van der Waals surface area contributed by atoms with Crippen molar-refractivity contribution in [3.63, 3.8) is 0 Å². The van der Waals surface area contributed by atoms with Crippen LogP contribution in [0.5, 0.6) is 5.75 Å². The molecule has 2 heterocycles. The Morgan fingerprint density at radius 1 is 1.06 bits per heavy atom. The fraction of sp³-hybridized carbons (Fsp3) is 0.185. The second-order valence-corrected chi connectivity index (χ2v) is 9.07. The lowest BCUT2D eigenvalue weighted by Gasteiger charge is -2.25. The maximum absolute atomic E-state index is 13.1. The maximum atomic E-state index is 13.1. The third kappa shape index (κ3) is 4.94. The van der Waals surface area contributed by atoms with Crippen LogP contribution < -0.4 is 10.6 Å². The van der Waals surface area contributed by atoms with E-state index in [1.807, 2.05) is 24.3 Å². The average molecular weight is 502 g/mol. The molecule has 182 valence electrons. The zero-order valence-corrected chi connectivity index (χ0v) is 20.1. The Labute approximate surface area is 212 Å². The fourth-order valence-electron chi connectivity index (χ4n) is 4.10. The van der Waals surface area contributed by atoms with Gasteiger partial charge in [-0.15, -0.1) is 0 Å². The quantitative estimate of drug-likeness (QED) is 0.319. The van der Waals surface area contributed by atoms with Crippen molar-refractivity contribution in [2.24, 2.45) is 0 Å². The van der Waals surface area contributed by atoms with Crippen LogP contribution in [0.2, 0.25) is 5.02 Å². The predicted molar refractivity (Wildman–Crippen MR) is 137 cm³/mol. The van der Waals surface area contributed by atoms with E-state index in [0.717, 1.165) is 30.5 Å². The number of pyridine rings is 1. The lowest BCUT2D eigenvalue weighted by atomic mass is 9.82. The van der Waals surface area contributed by atoms with Gasteiger partial charge in [-0.05, 0) is 54.8 Å². The Hall–Kier alpha value is -4.17. The summed E-state index contributed by atoms with van der Waals surface area (Å²) in [4.78, 5) is 29.4. The average Bonchev–Trinajstić information content (AvgIpc) is 3.27. The number of phenols is 1. The van der Waals surface area contributed by atoms with Gasteiger partial charge in [0.25, 0.3) is 5.91 Å². The molecule has 1 aliphatic carbocycles. The number of rotatable bonds is 6. The fourth-order valence-corrected chi connectivity index (χ4v) is 4.31. The van der Waals surface area contributed by atoms with Crippen molar-refractivity contribution in [2.75, 3.05) is 5.32 Å². The van der Waals surface area contributed by atoms with Gasteiger partial charge in [0.2, 0.25) is 0 Å². The van der Waals surface area contributed by atoms with E-state index < -0.39 is 0 Å². The SMILES string of the molecule is O=C(Nc1ccc(-c2cc(C3CCC3)n(C(=O)NCc3ccccc3Cl)n2)c(O)c1)c1ccncc1. The van der Waals surface area contributed by atoms with Gasteiger partial charge in [-0.1, -0.05) is 36.2 Å². The zero-order valence-electron chi connectivity index (χ0n) is 19.3. The molecule has 1 aliphatic rings. The first-order chi connectivity index (χ1) is 17.5. The van der Waals surface area contributed by atoms with E-state index in [9.17, 15) is 14.7 Å². The molecule has 0 bridgehead atoms. The van der Waals surface area contributed by atoms with Crippen molar-refractivity contribution in [1.82, 2.24) is 20.1 Å². The van der Waals surface area contributed by atoms with Gasteiger partial charge < -0.3 is 15.7 Å². The van der Waals surface area contributed by atoms with Crippen LogP contribution in [-0.4, -0.2) is 31.8 Å². The van der Waals surface area contributed by atoms with E-state index in [4.69, 9.17) is 11.6 Å². The summed E-state index contributed by atoms with van der Waals surface area (Å²) in [7, 11) is 0. The van der Waals surface area contributed by atoms with Crippen molar-refractivity contribution in [3.05, 3.63) is 94.9 Å². The Kier molecular flexibility index (Phi) is 6.69. The summed E-state index contributed by atoms with van der Waals surface area (Å²) in [5.41, 5.74) is 3.47. The summed E-state index contributed by atoms with van der Waals surface area (Å²) in [5, 5.41) is 21.5. The second-order valence-electron chi connectivity index (χ2n) is 8.67. The molecular weight excluding hydrogens is 478 g/mol. The minimum absolute atomic E-state index is 0.0520. The molecule has 0 aliphatic heterocycles. The highest BCUT2D eigenvalue weighted by Crippen LogP contribution is 2.39. The van der Waals surface area contributed by atoms with Gasteiger partial charge in [0, 0.05) is 52.8 Å². The Balaban J connectivity index is 1.37. The number of phenolic OH excluding ortho intramolecular Hbond substituents is 1. The molecule has 2 aromatic heterocycles. The van der Waals surface area contributed by atoms with E-state index in [-0.39, 0.29) is 30.2 Å². The van der Waals surface area contributed by atoms with Gasteiger partial charge in [-0.25, -0.2) is 4.79 Å². The summed E-state index contributed by atoms with van der Waals surface area (Å²) in [5.74, 6) is -0.126. The highest BCUT2D eigenvalue weighted by molar-refractivity contribution is 6.31. The molecule has 0 spiro atoms. The van der Waals surface area contributed by atoms with Gasteiger partial charge >= 0.3 is 6.03 Å². The third-order valence-corrected chi connectivity index (χ3v) is 6.68. The molecule has 9 heteroatoms. The lowest BCUT2D eigenvalue weighted by molar-refractivity contribution is 0.102. The van der Waals surface area contributed by atoms with Crippen LogP contribution in [0, 0.1) is 0 Å². The van der Waals surface area contributed by atoms with Crippen molar-refractivity contribution in [1.29, 1.82) is 0 Å². The number of nitrogens with one attached hydrogen (secondary N) is 2. The molecular formula is C27H24ClN5O3. The topological polar surface area (TPSA) is 109 Å². The van der Waals surface area contributed by atoms with E-state index in [0.29, 0.717) is 27.5 Å². The summed E-state index contributed by atoms with van der Waals surface area (Å²) in [6.07, 6.45) is 6.14. The summed E-state index contributed by atoms with van der Waals surface area (Å²) in [6, 6.07) is 16.9. The molecule has 2 amide bonds. The summed E-state index contributed by atoms with van der Waals surface area (Å²) in [6.45, 7) is 0.273. The number of carbonyl (C=O) groups excluding carboxylic acids is 2. The van der Waals surface area contributed by atoms with Crippen LogP contribution in [-0.2, 0) is 6.54 Å². The number of benzene rings is 2. The molecule has 4 aromatic rings. The minimum atomic E-state index is -0.358. The Morgan fingerprint density at radius 3 is 2.53 bits per heavy atom. The van der Waals surface area contributed by atoms with Gasteiger partial charge in [-0.3, -0.25) is 9.78 Å². The number of aromatic hydroxyl groups is 1. The van der Waals surface area contributed by atoms with Gasteiger partial charge in [0.1, 0.15) is 5.75 Å². The zero-order chi connectivity index (χ0) is 25.1. The second kappa shape index (κ2) is 10.2. The monoisotopic (exact) mass is 501 g/mol. The lowest BCUT2D eigenvalue weighted by Crippen LogP contribution is -2.31. The normalized spacial score (nSPS) is 13.1. The van der Waals surface area contributed by atoms with Crippen LogP contribution in [0.4, 0.5) is 10.5 Å². The third-order valence-electron chi connectivity index (χ3n) is 6.31. The molecule has 5 rings (SSSR count). The van der Waals surface area contributed by atoms with Crippen LogP contribution in [0.1, 0.15) is 46.8 Å². The first-order valence-corrected chi connectivity index (χ1v) is 12.0. The van der Waals surface area contributed by atoms with Crippen LogP contribution in [0.15, 0.2) is 73.1 Å². The van der Waals surface area contributed by atoms with Gasteiger partial charge in [0.15, 0.2) is 0 Å². The highest BCUT2D eigenvalue weighted by Gasteiger charge is 2.27. The van der Waals surface area contributed by atoms with Gasteiger partial charge in [-0.2, -0.15) is 9.78 Å². The predicted octanol–water partition coefficient (Wildman–Crippen LogP) is 5.58. The molecule has 1 fully saturated rings. The Morgan fingerprint density at radius 2 is 1.83 bits per heavy atom. The molecule has 36 heavy (non-hydrogen) atoms. The molecule has 0 saturated heterocycles. The first-order valence-electron chi connectivity index (χ1n) is 11.7. The molecule has 0 radical (unpaired) electrons. The largest absolute Gasteiger partial charge is 0.507 e. The standard InChI is InChI=1S/C27H24ClN5O3/c28-22-7-2-1-4-19(22)16-30-27(36)33-24(17-5-3-6-17)15-23(32-33)21-9-8-20(14-25(21)34)31-26(35)18-10-12-29-13-11-18/h1-2,4,7-15,17,34H,3,5-6,16H2,(H,30,36)(H,31,35). The molecule has 1 saturated carbocycles. The first kappa shape index (κ1) is 23.6. The van der Waals surface area contributed by atoms with Crippen molar-refractivity contribution in [2.45, 2.75) is 31.7 Å². The number of carbonyl (C=O) groups is 2. The highest BCUT2D eigenvalue weighted by atomic mass is 35.5. The number of hydrogen-bond donors (Lipinski definition) is 3. The van der Waals surface area contributed by atoms with E-state index in [1.165, 1.54) is 23.1 Å².